The fourth-order valence-electron chi connectivity index (χ4n) is 2.86. The second-order valence-electron chi connectivity index (χ2n) is 6.05. The lowest BCUT2D eigenvalue weighted by molar-refractivity contribution is -0.127. The molecule has 0 aromatic heterocycles. The number of rotatable bonds is 5. The molecule has 0 bridgehead atoms. The predicted octanol–water partition coefficient (Wildman–Crippen LogP) is 3.71. The van der Waals surface area contributed by atoms with Gasteiger partial charge in [-0.1, -0.05) is 31.2 Å². The third kappa shape index (κ3) is 3.54. The van der Waals surface area contributed by atoms with E-state index in [1.54, 1.807) is 0 Å². The van der Waals surface area contributed by atoms with E-state index in [0.717, 1.165) is 32.1 Å². The number of carbonyl (C=O) groups is 1. The van der Waals surface area contributed by atoms with Crippen molar-refractivity contribution in [3.05, 3.63) is 35.4 Å². The van der Waals surface area contributed by atoms with Gasteiger partial charge in [-0.2, -0.15) is 0 Å². The Hall–Kier alpha value is -1.02. The van der Waals surface area contributed by atoms with Gasteiger partial charge in [-0.05, 0) is 50.2 Å². The maximum absolute atomic E-state index is 12.5. The van der Waals surface area contributed by atoms with Gasteiger partial charge >= 0.3 is 0 Å². The molecule has 0 saturated heterocycles. The van der Waals surface area contributed by atoms with Gasteiger partial charge in [0.15, 0.2) is 0 Å². The number of benzene rings is 1. The second kappa shape index (κ2) is 6.62. The molecule has 110 valence electrons. The van der Waals surface area contributed by atoms with Gasteiger partial charge in [-0.15, -0.1) is 11.6 Å². The first kappa shape index (κ1) is 15.4. The number of carbonyl (C=O) groups excluding carboxylic acids is 1. The van der Waals surface area contributed by atoms with Gasteiger partial charge < -0.3 is 5.32 Å². The Balaban J connectivity index is 2.01. The van der Waals surface area contributed by atoms with Crippen molar-refractivity contribution in [3.63, 3.8) is 0 Å². The molecule has 0 spiro atoms. The molecule has 1 aliphatic carbocycles. The minimum absolute atomic E-state index is 0.103. The third-order valence-corrected chi connectivity index (χ3v) is 4.76. The molecule has 1 amide bonds. The molecule has 0 radical (unpaired) electrons. The van der Waals surface area contributed by atoms with Gasteiger partial charge in [0.25, 0.3) is 0 Å². The summed E-state index contributed by atoms with van der Waals surface area (Å²) in [5, 5.41) is 3.22. The van der Waals surface area contributed by atoms with Crippen molar-refractivity contribution >= 4 is 17.5 Å². The lowest BCUT2D eigenvalue weighted by Gasteiger charge is -2.32. The highest BCUT2D eigenvalue weighted by Crippen LogP contribution is 2.26. The van der Waals surface area contributed by atoms with Crippen LogP contribution < -0.4 is 5.32 Å². The summed E-state index contributed by atoms with van der Waals surface area (Å²) in [6.45, 7) is 4.19. The van der Waals surface area contributed by atoms with Crippen LogP contribution in [0.15, 0.2) is 24.3 Å². The van der Waals surface area contributed by atoms with E-state index in [4.69, 9.17) is 11.6 Å². The molecular weight excluding hydrogens is 270 g/mol. The van der Waals surface area contributed by atoms with Crippen molar-refractivity contribution in [2.75, 3.05) is 5.88 Å². The second-order valence-corrected chi connectivity index (χ2v) is 6.43. The van der Waals surface area contributed by atoms with Gasteiger partial charge in [-0.3, -0.25) is 4.79 Å². The molecular formula is C17H24ClNO. The molecule has 0 fully saturated rings. The molecule has 20 heavy (non-hydrogen) atoms. The van der Waals surface area contributed by atoms with Crippen molar-refractivity contribution in [1.82, 2.24) is 5.32 Å². The number of aryl methyl sites for hydroxylation is 1. The Labute approximate surface area is 126 Å². The smallest absolute Gasteiger partial charge is 0.223 e. The van der Waals surface area contributed by atoms with Crippen LogP contribution in [0.4, 0.5) is 0 Å². The minimum atomic E-state index is -0.171. The quantitative estimate of drug-likeness (QED) is 0.824. The Morgan fingerprint density at radius 2 is 2.10 bits per heavy atom. The summed E-state index contributed by atoms with van der Waals surface area (Å²) in [5.41, 5.74) is 2.56. The topological polar surface area (TPSA) is 29.1 Å². The van der Waals surface area contributed by atoms with E-state index < -0.39 is 0 Å². The molecule has 2 atom stereocenters. The van der Waals surface area contributed by atoms with E-state index in [1.807, 2.05) is 0 Å². The SMILES string of the molecule is CCC(C)(CCCl)NC(=O)C1CCc2ccccc2C1. The minimum Gasteiger partial charge on any atom is -0.351 e. The lowest BCUT2D eigenvalue weighted by Crippen LogP contribution is -2.49. The molecule has 1 aromatic rings. The zero-order valence-corrected chi connectivity index (χ0v) is 13.2. The number of fused-ring (bicyclic) bond motifs is 1. The Morgan fingerprint density at radius 1 is 1.40 bits per heavy atom. The van der Waals surface area contributed by atoms with Crippen LogP contribution in [0.5, 0.6) is 0 Å². The van der Waals surface area contributed by atoms with Gasteiger partial charge in [-0.25, -0.2) is 0 Å². The zero-order chi connectivity index (χ0) is 14.6. The van der Waals surface area contributed by atoms with Crippen LogP contribution in [0.1, 0.15) is 44.2 Å². The van der Waals surface area contributed by atoms with Gasteiger partial charge in [0.2, 0.25) is 5.91 Å². The molecule has 2 rings (SSSR count). The van der Waals surface area contributed by atoms with Gasteiger partial charge in [0.1, 0.15) is 0 Å². The fourth-order valence-corrected chi connectivity index (χ4v) is 3.27. The summed E-state index contributed by atoms with van der Waals surface area (Å²) in [6.07, 6.45) is 4.55. The number of hydrogen-bond acceptors (Lipinski definition) is 1. The van der Waals surface area contributed by atoms with E-state index in [1.165, 1.54) is 11.1 Å². The maximum Gasteiger partial charge on any atom is 0.223 e. The normalized spacial score (nSPS) is 20.9. The Morgan fingerprint density at radius 3 is 2.75 bits per heavy atom. The zero-order valence-electron chi connectivity index (χ0n) is 12.4. The highest BCUT2D eigenvalue weighted by atomic mass is 35.5. The average molecular weight is 294 g/mol. The Bertz CT molecular complexity index is 474. The number of hydrogen-bond donors (Lipinski definition) is 1. The average Bonchev–Trinajstić information content (AvgIpc) is 2.47. The van der Waals surface area contributed by atoms with Gasteiger partial charge in [0.05, 0.1) is 0 Å². The molecule has 1 N–H and O–H groups in total. The first-order chi connectivity index (χ1) is 9.58. The van der Waals surface area contributed by atoms with E-state index in [9.17, 15) is 4.79 Å². The van der Waals surface area contributed by atoms with E-state index in [2.05, 4.69) is 43.4 Å². The van der Waals surface area contributed by atoms with Crippen LogP contribution in [0.3, 0.4) is 0 Å². The Kier molecular flexibility index (Phi) is 5.09. The van der Waals surface area contributed by atoms with Crippen molar-refractivity contribution in [3.8, 4) is 0 Å². The van der Waals surface area contributed by atoms with Crippen LogP contribution in [0, 0.1) is 5.92 Å². The third-order valence-electron chi connectivity index (χ3n) is 4.57. The van der Waals surface area contributed by atoms with Crippen LogP contribution in [0.2, 0.25) is 0 Å². The highest BCUT2D eigenvalue weighted by Gasteiger charge is 2.29. The van der Waals surface area contributed by atoms with Crippen LogP contribution >= 0.6 is 11.6 Å². The molecule has 3 heteroatoms. The summed E-state index contributed by atoms with van der Waals surface area (Å²) in [4.78, 5) is 12.5. The molecule has 2 unspecified atom stereocenters. The molecule has 0 heterocycles. The van der Waals surface area contributed by atoms with Crippen molar-refractivity contribution in [1.29, 1.82) is 0 Å². The lowest BCUT2D eigenvalue weighted by atomic mass is 9.82. The van der Waals surface area contributed by atoms with Crippen LogP contribution in [-0.4, -0.2) is 17.3 Å². The van der Waals surface area contributed by atoms with Crippen molar-refractivity contribution in [2.24, 2.45) is 5.92 Å². The van der Waals surface area contributed by atoms with E-state index in [-0.39, 0.29) is 17.4 Å². The number of nitrogens with one attached hydrogen (secondary N) is 1. The van der Waals surface area contributed by atoms with Gasteiger partial charge in [0, 0.05) is 17.3 Å². The number of alkyl halides is 1. The van der Waals surface area contributed by atoms with Crippen molar-refractivity contribution < 1.29 is 4.79 Å². The number of halogens is 1. The molecule has 1 aromatic carbocycles. The summed E-state index contributed by atoms with van der Waals surface area (Å²) in [6, 6.07) is 8.45. The van der Waals surface area contributed by atoms with Crippen LogP contribution in [0.25, 0.3) is 0 Å². The number of amides is 1. The first-order valence-corrected chi connectivity index (χ1v) is 8.06. The monoisotopic (exact) mass is 293 g/mol. The summed E-state index contributed by atoms with van der Waals surface area (Å²) >= 11 is 5.85. The summed E-state index contributed by atoms with van der Waals surface area (Å²) < 4.78 is 0. The first-order valence-electron chi connectivity index (χ1n) is 7.53. The van der Waals surface area contributed by atoms with E-state index >= 15 is 0 Å². The molecule has 1 aliphatic rings. The predicted molar refractivity (Wildman–Crippen MR) is 84.1 cm³/mol. The molecule has 0 saturated carbocycles. The summed E-state index contributed by atoms with van der Waals surface area (Å²) in [5.74, 6) is 0.873. The summed E-state index contributed by atoms with van der Waals surface area (Å²) in [7, 11) is 0. The van der Waals surface area contributed by atoms with Crippen LogP contribution in [-0.2, 0) is 17.6 Å². The standard InChI is InChI=1S/C17H24ClNO/c1-3-17(2,10-11-18)19-16(20)15-9-8-13-6-4-5-7-14(13)12-15/h4-7,15H,3,8-12H2,1-2H3,(H,19,20). The molecule has 2 nitrogen and oxygen atoms in total. The maximum atomic E-state index is 12.5. The molecule has 0 aliphatic heterocycles. The van der Waals surface area contributed by atoms with E-state index in [0.29, 0.717) is 5.88 Å². The fraction of sp³-hybridized carbons (Fsp3) is 0.588. The largest absolute Gasteiger partial charge is 0.351 e. The van der Waals surface area contributed by atoms with Crippen molar-refractivity contribution in [2.45, 2.75) is 51.5 Å². The highest BCUT2D eigenvalue weighted by molar-refractivity contribution is 6.17.